The summed E-state index contributed by atoms with van der Waals surface area (Å²) in [6, 6.07) is 10.9. The maximum atomic E-state index is 13.4. The molecule has 0 aliphatic rings. The van der Waals surface area contributed by atoms with Gasteiger partial charge in [-0.15, -0.1) is 0 Å². The molecule has 3 N–H and O–H groups in total. The van der Waals surface area contributed by atoms with Gasteiger partial charge in [0.1, 0.15) is 22.1 Å². The van der Waals surface area contributed by atoms with Gasteiger partial charge in [0.05, 0.1) is 28.5 Å². The number of fused-ring (bicyclic) bond motifs is 1. The van der Waals surface area contributed by atoms with E-state index in [1.54, 1.807) is 26.1 Å². The number of aromatic nitrogens is 2. The molecule has 4 aromatic rings. The molecule has 7 nitrogen and oxygen atoms in total. The van der Waals surface area contributed by atoms with E-state index in [1.165, 1.54) is 6.21 Å². The molecule has 0 bridgehead atoms. The van der Waals surface area contributed by atoms with Crippen LogP contribution in [0.2, 0.25) is 5.15 Å². The van der Waals surface area contributed by atoms with Gasteiger partial charge in [0.15, 0.2) is 11.2 Å². The molecule has 3 aromatic heterocycles. The molecule has 0 fully saturated rings. The Kier molecular flexibility index (Phi) is 6.39. The first kappa shape index (κ1) is 23.4. The molecule has 0 radical (unpaired) electrons. The van der Waals surface area contributed by atoms with Gasteiger partial charge in [-0.1, -0.05) is 17.7 Å². The van der Waals surface area contributed by atoms with Gasteiger partial charge in [-0.3, -0.25) is 4.79 Å². The largest absolute Gasteiger partial charge is 0.454 e. The van der Waals surface area contributed by atoms with Crippen LogP contribution in [0, 0.1) is 26.2 Å². The molecule has 4 rings (SSSR count). The molecule has 1 atom stereocenters. The fraction of sp³-hybridized carbons (Fsp3) is 0.231. The number of nitrogens with zero attached hydrogens (tertiary/aromatic N) is 2. The van der Waals surface area contributed by atoms with E-state index in [-0.39, 0.29) is 11.5 Å². The third kappa shape index (κ3) is 4.26. The summed E-state index contributed by atoms with van der Waals surface area (Å²) in [6.07, 6.45) is 1.17. The lowest BCUT2D eigenvalue weighted by molar-refractivity contribution is 0.603. The van der Waals surface area contributed by atoms with Crippen LogP contribution in [0.5, 0.6) is 0 Å². The first-order valence-corrected chi connectivity index (χ1v) is 11.3. The van der Waals surface area contributed by atoms with Crippen LogP contribution in [0.15, 0.2) is 45.6 Å². The predicted octanol–water partition coefficient (Wildman–Crippen LogP) is 6.04. The average molecular weight is 476 g/mol. The summed E-state index contributed by atoms with van der Waals surface area (Å²) in [7, 11) is 1.77. The van der Waals surface area contributed by atoms with Crippen molar-refractivity contribution in [3.63, 3.8) is 0 Å². The second-order valence-corrected chi connectivity index (χ2v) is 8.66. The van der Waals surface area contributed by atoms with Crippen molar-refractivity contribution in [2.75, 3.05) is 17.7 Å². The van der Waals surface area contributed by atoms with Crippen molar-refractivity contribution >= 4 is 40.2 Å². The van der Waals surface area contributed by atoms with Crippen molar-refractivity contribution in [1.82, 2.24) is 9.97 Å². The summed E-state index contributed by atoms with van der Waals surface area (Å²) in [5.74, 6) is 0.393. The Hall–Kier alpha value is -3.71. The number of pyridine rings is 2. The van der Waals surface area contributed by atoms with Gasteiger partial charge < -0.3 is 20.5 Å². The summed E-state index contributed by atoms with van der Waals surface area (Å²) >= 11 is 6.01. The Bertz CT molecular complexity index is 1480. The number of hydrogen-bond donors (Lipinski definition) is 3. The van der Waals surface area contributed by atoms with Crippen molar-refractivity contribution in [2.24, 2.45) is 0 Å². The molecule has 3 heterocycles. The van der Waals surface area contributed by atoms with E-state index in [2.05, 4.69) is 20.6 Å². The predicted molar refractivity (Wildman–Crippen MR) is 139 cm³/mol. The van der Waals surface area contributed by atoms with Crippen molar-refractivity contribution in [3.8, 4) is 11.5 Å². The fourth-order valence-electron chi connectivity index (χ4n) is 4.05. The standard InChI is InChI=1S/C26H26ClN5O2/c1-13-10-17(15(3)30-19-8-9-23(27)31-16(19)4)26-18(11-13)24(33)14(2)25(34-26)21-7-6-20(29-5)22(12-28)32-21/h6-12,15,28-30H,1-5H3. The highest BCUT2D eigenvalue weighted by molar-refractivity contribution is 6.29. The van der Waals surface area contributed by atoms with Gasteiger partial charge in [-0.05, 0) is 63.6 Å². The van der Waals surface area contributed by atoms with Gasteiger partial charge in [-0.25, -0.2) is 9.97 Å². The van der Waals surface area contributed by atoms with Gasteiger partial charge in [0.2, 0.25) is 0 Å². The summed E-state index contributed by atoms with van der Waals surface area (Å²) < 4.78 is 6.39. The summed E-state index contributed by atoms with van der Waals surface area (Å²) in [4.78, 5) is 22.2. The summed E-state index contributed by atoms with van der Waals surface area (Å²) in [5.41, 5.74) is 6.00. The zero-order valence-electron chi connectivity index (χ0n) is 19.7. The topological polar surface area (TPSA) is 104 Å². The number of rotatable bonds is 6. The molecule has 0 aliphatic carbocycles. The van der Waals surface area contributed by atoms with Crippen molar-refractivity contribution in [3.05, 3.63) is 79.9 Å². The zero-order chi connectivity index (χ0) is 24.6. The smallest absolute Gasteiger partial charge is 0.196 e. The molecule has 1 unspecified atom stereocenters. The number of anilines is 2. The van der Waals surface area contributed by atoms with Crippen LogP contribution in [-0.4, -0.2) is 23.2 Å². The minimum absolute atomic E-state index is 0.103. The van der Waals surface area contributed by atoms with E-state index < -0.39 is 0 Å². The molecule has 0 saturated heterocycles. The van der Waals surface area contributed by atoms with Gasteiger partial charge >= 0.3 is 0 Å². The van der Waals surface area contributed by atoms with Crippen molar-refractivity contribution in [2.45, 2.75) is 33.7 Å². The second-order valence-electron chi connectivity index (χ2n) is 8.27. The molecule has 0 aliphatic heterocycles. The molecule has 8 heteroatoms. The lowest BCUT2D eigenvalue weighted by Gasteiger charge is -2.19. The minimum Gasteiger partial charge on any atom is -0.454 e. The van der Waals surface area contributed by atoms with Crippen LogP contribution in [0.4, 0.5) is 11.4 Å². The molecule has 1 aromatic carbocycles. The average Bonchev–Trinajstić information content (AvgIpc) is 2.82. The zero-order valence-corrected chi connectivity index (χ0v) is 20.5. The third-order valence-corrected chi connectivity index (χ3v) is 6.06. The van der Waals surface area contributed by atoms with Crippen LogP contribution in [0.25, 0.3) is 22.4 Å². The van der Waals surface area contributed by atoms with Crippen LogP contribution in [0.1, 0.15) is 41.0 Å². The van der Waals surface area contributed by atoms with E-state index >= 15 is 0 Å². The number of aryl methyl sites for hydroxylation is 2. The van der Waals surface area contributed by atoms with Crippen molar-refractivity contribution in [1.29, 1.82) is 5.41 Å². The molecule has 0 spiro atoms. The van der Waals surface area contributed by atoms with E-state index in [0.717, 1.165) is 28.2 Å². The SMILES string of the molecule is CNc1ccc(-c2oc3c(C(C)Nc4ccc(Cl)nc4C)cc(C)cc3c(=O)c2C)nc1C=N. The lowest BCUT2D eigenvalue weighted by atomic mass is 9.99. The van der Waals surface area contributed by atoms with E-state index in [9.17, 15) is 4.79 Å². The van der Waals surface area contributed by atoms with Crippen LogP contribution < -0.4 is 16.1 Å². The number of benzene rings is 1. The maximum absolute atomic E-state index is 13.4. The Morgan fingerprint density at radius 2 is 1.82 bits per heavy atom. The molecule has 34 heavy (non-hydrogen) atoms. The van der Waals surface area contributed by atoms with Crippen molar-refractivity contribution < 1.29 is 4.42 Å². The normalized spacial score (nSPS) is 11.9. The van der Waals surface area contributed by atoms with Crippen LogP contribution >= 0.6 is 11.6 Å². The van der Waals surface area contributed by atoms with E-state index in [1.807, 2.05) is 45.0 Å². The summed E-state index contributed by atoms with van der Waals surface area (Å²) in [6.45, 7) is 7.60. The van der Waals surface area contributed by atoms with Crippen LogP contribution in [-0.2, 0) is 0 Å². The first-order valence-electron chi connectivity index (χ1n) is 10.9. The Morgan fingerprint density at radius 1 is 1.09 bits per heavy atom. The molecule has 0 amide bonds. The highest BCUT2D eigenvalue weighted by atomic mass is 35.5. The second kappa shape index (κ2) is 9.27. The molecular weight excluding hydrogens is 450 g/mol. The Morgan fingerprint density at radius 3 is 2.50 bits per heavy atom. The Labute approximate surface area is 202 Å². The van der Waals surface area contributed by atoms with Gasteiger partial charge in [-0.2, -0.15) is 0 Å². The number of hydrogen-bond acceptors (Lipinski definition) is 7. The van der Waals surface area contributed by atoms with Gasteiger partial charge in [0, 0.05) is 24.4 Å². The lowest BCUT2D eigenvalue weighted by Crippen LogP contribution is -2.13. The minimum atomic E-state index is -0.181. The van der Waals surface area contributed by atoms with E-state index in [4.69, 9.17) is 21.4 Å². The highest BCUT2D eigenvalue weighted by Crippen LogP contribution is 2.32. The van der Waals surface area contributed by atoms with Gasteiger partial charge in [0.25, 0.3) is 0 Å². The highest BCUT2D eigenvalue weighted by Gasteiger charge is 2.20. The third-order valence-electron chi connectivity index (χ3n) is 5.85. The molecule has 174 valence electrons. The van der Waals surface area contributed by atoms with E-state index in [0.29, 0.717) is 38.8 Å². The Balaban J connectivity index is 1.89. The number of nitrogens with one attached hydrogen (secondary N) is 3. The summed E-state index contributed by atoms with van der Waals surface area (Å²) in [5, 5.41) is 15.1. The molecule has 0 saturated carbocycles. The monoisotopic (exact) mass is 475 g/mol. The first-order chi connectivity index (χ1) is 16.2. The fourth-order valence-corrected chi connectivity index (χ4v) is 4.24. The quantitative estimate of drug-likeness (QED) is 0.232. The molecular formula is C26H26ClN5O2. The van der Waals surface area contributed by atoms with Crippen LogP contribution in [0.3, 0.4) is 0 Å². The maximum Gasteiger partial charge on any atom is 0.196 e. The number of halogens is 1.